The topological polar surface area (TPSA) is 34.0 Å². The number of rotatable bonds is 4. The fourth-order valence-electron chi connectivity index (χ4n) is 2.83. The summed E-state index contributed by atoms with van der Waals surface area (Å²) in [5.41, 5.74) is 0.704. The summed E-state index contributed by atoms with van der Waals surface area (Å²) in [6.07, 6.45) is 0. The van der Waals surface area contributed by atoms with E-state index >= 15 is 0 Å². The highest BCUT2D eigenvalue weighted by Crippen LogP contribution is 2.21. The van der Waals surface area contributed by atoms with Gasteiger partial charge in [0, 0.05) is 5.56 Å². The number of hydrogen-bond donors (Lipinski definition) is 1. The van der Waals surface area contributed by atoms with Gasteiger partial charge in [-0.05, 0) is 46.3 Å². The molecule has 6 heteroatoms. The number of piperazine rings is 1. The number of carbonyl (C=O) groups excluding carboxylic acids is 1. The van der Waals surface area contributed by atoms with E-state index in [2.05, 4.69) is 28.1 Å². The molecule has 1 saturated heterocycles. The summed E-state index contributed by atoms with van der Waals surface area (Å²) in [5.74, 6) is 0.824. The molecule has 0 bridgehead atoms. The third-order valence-corrected chi connectivity index (χ3v) is 5.75. The van der Waals surface area contributed by atoms with Crippen molar-refractivity contribution < 1.29 is 14.4 Å². The molecule has 4 nitrogen and oxygen atoms in total. The van der Waals surface area contributed by atoms with Gasteiger partial charge in [-0.25, -0.2) is 0 Å². The molecule has 3 rings (SSSR count). The smallest absolute Gasteiger partial charge is 0.254 e. The van der Waals surface area contributed by atoms with Crippen LogP contribution in [0.4, 0.5) is 0 Å². The Labute approximate surface area is 148 Å². The first-order chi connectivity index (χ1) is 11.2. The average molecular weight is 396 g/mol. The van der Waals surface area contributed by atoms with Crippen molar-refractivity contribution in [3.05, 3.63) is 50.6 Å². The Hall–Kier alpha value is -1.37. The number of amides is 1. The maximum atomic E-state index is 12.6. The molecule has 23 heavy (non-hydrogen) atoms. The highest BCUT2D eigenvalue weighted by molar-refractivity contribution is 9.11. The van der Waals surface area contributed by atoms with Crippen molar-refractivity contribution in [2.45, 2.75) is 6.54 Å². The maximum Gasteiger partial charge on any atom is 0.254 e. The normalized spacial score (nSPS) is 15.7. The Bertz CT molecular complexity index is 681. The Morgan fingerprint density at radius 1 is 1.30 bits per heavy atom. The zero-order valence-electron chi connectivity index (χ0n) is 13.0. The minimum absolute atomic E-state index is 0.0989. The van der Waals surface area contributed by atoms with Crippen LogP contribution in [-0.4, -0.2) is 44.1 Å². The van der Waals surface area contributed by atoms with E-state index in [0.717, 1.165) is 38.5 Å². The Morgan fingerprint density at radius 3 is 2.74 bits per heavy atom. The predicted molar refractivity (Wildman–Crippen MR) is 95.3 cm³/mol. The molecule has 2 aromatic rings. The Balaban J connectivity index is 1.56. The second kappa shape index (κ2) is 7.47. The van der Waals surface area contributed by atoms with Crippen molar-refractivity contribution >= 4 is 33.2 Å². The van der Waals surface area contributed by atoms with Crippen molar-refractivity contribution in [3.8, 4) is 5.75 Å². The quantitative estimate of drug-likeness (QED) is 0.859. The van der Waals surface area contributed by atoms with Crippen LogP contribution in [0.25, 0.3) is 0 Å². The number of thiophene rings is 1. The van der Waals surface area contributed by atoms with Crippen LogP contribution in [0.3, 0.4) is 0 Å². The van der Waals surface area contributed by atoms with E-state index < -0.39 is 0 Å². The fraction of sp³-hybridized carbons (Fsp3) is 0.353. The van der Waals surface area contributed by atoms with Gasteiger partial charge in [0.05, 0.1) is 42.0 Å². The zero-order chi connectivity index (χ0) is 16.2. The third kappa shape index (κ3) is 4.13. The largest absolute Gasteiger partial charge is 0.497 e. The van der Waals surface area contributed by atoms with Gasteiger partial charge in [0.15, 0.2) is 0 Å². The van der Waals surface area contributed by atoms with Crippen LogP contribution in [-0.2, 0) is 6.54 Å². The number of quaternary nitrogens is 1. The Kier molecular flexibility index (Phi) is 5.35. The van der Waals surface area contributed by atoms with E-state index in [1.807, 2.05) is 29.2 Å². The summed E-state index contributed by atoms with van der Waals surface area (Å²) in [6.45, 7) is 4.63. The number of nitrogens with zero attached hydrogens (tertiary/aromatic N) is 1. The minimum Gasteiger partial charge on any atom is -0.497 e. The van der Waals surface area contributed by atoms with Gasteiger partial charge in [-0.3, -0.25) is 4.79 Å². The summed E-state index contributed by atoms with van der Waals surface area (Å²) in [6, 6.07) is 11.7. The molecule has 0 unspecified atom stereocenters. The van der Waals surface area contributed by atoms with Gasteiger partial charge in [-0.15, -0.1) is 11.3 Å². The monoisotopic (exact) mass is 395 g/mol. The van der Waals surface area contributed by atoms with E-state index in [1.54, 1.807) is 18.4 Å². The summed E-state index contributed by atoms with van der Waals surface area (Å²) >= 11 is 5.30. The molecule has 1 aliphatic heterocycles. The third-order valence-electron chi connectivity index (χ3n) is 4.13. The van der Waals surface area contributed by atoms with Gasteiger partial charge in [0.25, 0.3) is 5.91 Å². The Morgan fingerprint density at radius 2 is 2.09 bits per heavy atom. The first-order valence-electron chi connectivity index (χ1n) is 7.67. The molecule has 0 saturated carbocycles. The molecular weight excluding hydrogens is 376 g/mol. The van der Waals surface area contributed by atoms with Crippen LogP contribution in [0.1, 0.15) is 15.2 Å². The number of ether oxygens (including phenoxy) is 1. The van der Waals surface area contributed by atoms with Gasteiger partial charge >= 0.3 is 0 Å². The highest BCUT2D eigenvalue weighted by atomic mass is 79.9. The molecule has 1 amide bonds. The molecule has 1 N–H and O–H groups in total. The van der Waals surface area contributed by atoms with Crippen molar-refractivity contribution in [1.82, 2.24) is 4.90 Å². The van der Waals surface area contributed by atoms with Gasteiger partial charge in [-0.2, -0.15) is 0 Å². The molecule has 0 spiro atoms. The van der Waals surface area contributed by atoms with Crippen LogP contribution >= 0.6 is 27.3 Å². The van der Waals surface area contributed by atoms with E-state index in [-0.39, 0.29) is 5.91 Å². The predicted octanol–water partition coefficient (Wildman–Crippen LogP) is 2.06. The van der Waals surface area contributed by atoms with Gasteiger partial charge < -0.3 is 14.5 Å². The minimum atomic E-state index is 0.0989. The number of nitrogens with one attached hydrogen (secondary N) is 1. The number of hydrogen-bond acceptors (Lipinski definition) is 3. The lowest BCUT2D eigenvalue weighted by molar-refractivity contribution is -0.917. The number of halogens is 1. The van der Waals surface area contributed by atoms with Crippen LogP contribution in [0.5, 0.6) is 5.75 Å². The summed E-state index contributed by atoms with van der Waals surface area (Å²) in [5, 5.41) is 0. The molecule has 1 aliphatic rings. The molecule has 1 fully saturated rings. The van der Waals surface area contributed by atoms with Crippen molar-refractivity contribution in [1.29, 1.82) is 0 Å². The van der Waals surface area contributed by atoms with E-state index in [4.69, 9.17) is 4.74 Å². The zero-order valence-corrected chi connectivity index (χ0v) is 15.5. The number of methoxy groups -OCH3 is 1. The van der Waals surface area contributed by atoms with E-state index in [9.17, 15) is 4.79 Å². The molecule has 1 aromatic heterocycles. The molecule has 2 heterocycles. The molecule has 1 aromatic carbocycles. The average Bonchev–Trinajstić information content (AvgIpc) is 3.00. The maximum absolute atomic E-state index is 12.6. The lowest BCUT2D eigenvalue weighted by atomic mass is 10.1. The lowest BCUT2D eigenvalue weighted by Crippen LogP contribution is -3.13. The van der Waals surface area contributed by atoms with Crippen LogP contribution in [0.15, 0.2) is 40.2 Å². The summed E-state index contributed by atoms with van der Waals surface area (Å²) < 4.78 is 6.38. The van der Waals surface area contributed by atoms with Crippen LogP contribution in [0.2, 0.25) is 0 Å². The first-order valence-corrected chi connectivity index (χ1v) is 9.28. The van der Waals surface area contributed by atoms with Crippen LogP contribution in [0, 0.1) is 0 Å². The van der Waals surface area contributed by atoms with E-state index in [1.165, 1.54) is 13.6 Å². The van der Waals surface area contributed by atoms with E-state index in [0.29, 0.717) is 5.56 Å². The molecule has 0 aliphatic carbocycles. The number of carbonyl (C=O) groups is 1. The first kappa shape index (κ1) is 16.5. The lowest BCUT2D eigenvalue weighted by Gasteiger charge is -2.32. The van der Waals surface area contributed by atoms with Gasteiger partial charge in [0.1, 0.15) is 12.3 Å². The molecule has 0 radical (unpaired) electrons. The standard InChI is InChI=1S/C17H19BrN2O2S/c1-22-14-4-2-3-13(11-14)17(21)20-9-7-19(8-10-20)12-15-5-6-16(18)23-15/h2-6,11H,7-10,12H2,1H3/p+1. The molecule has 0 atom stereocenters. The molecule has 122 valence electrons. The van der Waals surface area contributed by atoms with Gasteiger partial charge in [0.2, 0.25) is 0 Å². The molecular formula is C17H20BrN2O2S+. The second-order valence-corrected chi connectivity index (χ2v) is 8.20. The van der Waals surface area contributed by atoms with Crippen molar-refractivity contribution in [3.63, 3.8) is 0 Å². The van der Waals surface area contributed by atoms with Crippen molar-refractivity contribution in [2.24, 2.45) is 0 Å². The number of benzene rings is 1. The van der Waals surface area contributed by atoms with Gasteiger partial charge in [-0.1, -0.05) is 6.07 Å². The summed E-state index contributed by atoms with van der Waals surface area (Å²) in [4.78, 5) is 17.5. The fourth-order valence-corrected chi connectivity index (χ4v) is 4.39. The highest BCUT2D eigenvalue weighted by Gasteiger charge is 2.25. The second-order valence-electron chi connectivity index (χ2n) is 5.66. The van der Waals surface area contributed by atoms with Crippen LogP contribution < -0.4 is 9.64 Å². The SMILES string of the molecule is COc1cccc(C(=O)N2CC[NH+](Cc3ccc(Br)s3)CC2)c1. The summed E-state index contributed by atoms with van der Waals surface area (Å²) in [7, 11) is 1.62. The van der Waals surface area contributed by atoms with Crippen molar-refractivity contribution in [2.75, 3.05) is 33.3 Å².